The number of hydrogen-bond donors (Lipinski definition) is 2. The standard InChI is InChI=1S/C18H20N2O3/c1-4-12-19-13-8-10-14(11-9-13)20-18(21)17-15(22-2)6-5-7-16(17)23-3/h4-11,19H,1,12H2,2-3H3,(H,20,21). The van der Waals surface area contributed by atoms with E-state index in [0.717, 1.165) is 5.69 Å². The Kier molecular flexibility index (Phi) is 5.63. The van der Waals surface area contributed by atoms with E-state index in [1.54, 1.807) is 24.3 Å². The fourth-order valence-corrected chi connectivity index (χ4v) is 2.13. The molecule has 2 aromatic carbocycles. The summed E-state index contributed by atoms with van der Waals surface area (Å²) in [5.41, 5.74) is 2.01. The predicted octanol–water partition coefficient (Wildman–Crippen LogP) is 3.55. The number of ether oxygens (including phenoxy) is 2. The molecule has 1 amide bonds. The van der Waals surface area contributed by atoms with E-state index < -0.39 is 0 Å². The Hall–Kier alpha value is -2.95. The van der Waals surface area contributed by atoms with Gasteiger partial charge in [-0.25, -0.2) is 0 Å². The molecule has 2 rings (SSSR count). The van der Waals surface area contributed by atoms with E-state index in [2.05, 4.69) is 17.2 Å². The van der Waals surface area contributed by atoms with Crippen molar-refractivity contribution in [3.05, 3.63) is 60.7 Å². The van der Waals surface area contributed by atoms with Gasteiger partial charge in [-0.1, -0.05) is 12.1 Å². The van der Waals surface area contributed by atoms with Crippen LogP contribution in [-0.4, -0.2) is 26.7 Å². The first-order valence-corrected chi connectivity index (χ1v) is 7.16. The van der Waals surface area contributed by atoms with Crippen LogP contribution in [0.25, 0.3) is 0 Å². The largest absolute Gasteiger partial charge is 0.496 e. The summed E-state index contributed by atoms with van der Waals surface area (Å²) in [4.78, 5) is 12.5. The van der Waals surface area contributed by atoms with Crippen molar-refractivity contribution in [1.29, 1.82) is 0 Å². The molecule has 120 valence electrons. The van der Waals surface area contributed by atoms with Crippen molar-refractivity contribution in [1.82, 2.24) is 0 Å². The van der Waals surface area contributed by atoms with Gasteiger partial charge in [0.25, 0.3) is 5.91 Å². The zero-order chi connectivity index (χ0) is 16.7. The monoisotopic (exact) mass is 312 g/mol. The van der Waals surface area contributed by atoms with Crippen LogP contribution in [0.2, 0.25) is 0 Å². The fraction of sp³-hybridized carbons (Fsp3) is 0.167. The van der Waals surface area contributed by atoms with E-state index in [-0.39, 0.29) is 5.91 Å². The van der Waals surface area contributed by atoms with E-state index in [0.29, 0.717) is 29.3 Å². The third kappa shape index (κ3) is 4.03. The van der Waals surface area contributed by atoms with Crippen LogP contribution in [0.1, 0.15) is 10.4 Å². The second-order valence-electron chi connectivity index (χ2n) is 4.74. The summed E-state index contributed by atoms with van der Waals surface area (Å²) in [6, 6.07) is 12.6. The van der Waals surface area contributed by atoms with E-state index >= 15 is 0 Å². The lowest BCUT2D eigenvalue weighted by atomic mass is 10.1. The molecule has 5 heteroatoms. The van der Waals surface area contributed by atoms with E-state index in [1.807, 2.05) is 24.3 Å². The smallest absolute Gasteiger partial charge is 0.263 e. The first-order chi connectivity index (χ1) is 11.2. The molecule has 0 aliphatic rings. The molecule has 23 heavy (non-hydrogen) atoms. The summed E-state index contributed by atoms with van der Waals surface area (Å²) in [5.74, 6) is 0.642. The molecule has 0 aliphatic heterocycles. The molecule has 0 spiro atoms. The molecule has 0 saturated heterocycles. The third-order valence-corrected chi connectivity index (χ3v) is 3.25. The molecule has 0 aliphatic carbocycles. The van der Waals surface area contributed by atoms with Crippen LogP contribution in [0.3, 0.4) is 0 Å². The Labute approximate surface area is 135 Å². The molecule has 2 N–H and O–H groups in total. The highest BCUT2D eigenvalue weighted by molar-refractivity contribution is 6.08. The Bertz CT molecular complexity index is 659. The number of amides is 1. The lowest BCUT2D eigenvalue weighted by Gasteiger charge is -2.13. The Morgan fingerprint density at radius 1 is 1.04 bits per heavy atom. The van der Waals surface area contributed by atoms with Crippen molar-refractivity contribution >= 4 is 17.3 Å². The summed E-state index contributed by atoms with van der Waals surface area (Å²) in [6.07, 6.45) is 1.78. The predicted molar refractivity (Wildman–Crippen MR) is 92.6 cm³/mol. The van der Waals surface area contributed by atoms with Crippen LogP contribution < -0.4 is 20.1 Å². The zero-order valence-electron chi connectivity index (χ0n) is 13.3. The van der Waals surface area contributed by atoms with Crippen molar-refractivity contribution in [2.24, 2.45) is 0 Å². The molecular weight excluding hydrogens is 292 g/mol. The highest BCUT2D eigenvalue weighted by Crippen LogP contribution is 2.29. The van der Waals surface area contributed by atoms with Crippen LogP contribution in [0.4, 0.5) is 11.4 Å². The number of carbonyl (C=O) groups excluding carboxylic acids is 1. The van der Waals surface area contributed by atoms with Crippen molar-refractivity contribution in [2.75, 3.05) is 31.4 Å². The summed E-state index contributed by atoms with van der Waals surface area (Å²) < 4.78 is 10.5. The zero-order valence-corrected chi connectivity index (χ0v) is 13.3. The van der Waals surface area contributed by atoms with Crippen LogP contribution in [0.15, 0.2) is 55.1 Å². The molecule has 0 aromatic heterocycles. The number of hydrogen-bond acceptors (Lipinski definition) is 4. The molecule has 0 unspecified atom stereocenters. The maximum Gasteiger partial charge on any atom is 0.263 e. The van der Waals surface area contributed by atoms with E-state index in [1.165, 1.54) is 14.2 Å². The van der Waals surface area contributed by atoms with Gasteiger partial charge in [-0.05, 0) is 36.4 Å². The van der Waals surface area contributed by atoms with E-state index in [4.69, 9.17) is 9.47 Å². The Morgan fingerprint density at radius 2 is 1.61 bits per heavy atom. The molecule has 0 bridgehead atoms. The van der Waals surface area contributed by atoms with Gasteiger partial charge in [0.2, 0.25) is 0 Å². The highest BCUT2D eigenvalue weighted by atomic mass is 16.5. The lowest BCUT2D eigenvalue weighted by molar-refractivity contribution is 0.102. The van der Waals surface area contributed by atoms with Gasteiger partial charge in [-0.3, -0.25) is 4.79 Å². The number of anilines is 2. The second-order valence-corrected chi connectivity index (χ2v) is 4.74. The maximum absolute atomic E-state index is 12.5. The van der Waals surface area contributed by atoms with Crippen molar-refractivity contribution in [3.8, 4) is 11.5 Å². The van der Waals surface area contributed by atoms with Gasteiger partial charge < -0.3 is 20.1 Å². The molecule has 5 nitrogen and oxygen atoms in total. The minimum Gasteiger partial charge on any atom is -0.496 e. The SMILES string of the molecule is C=CCNc1ccc(NC(=O)c2c(OC)cccc2OC)cc1. The van der Waals surface area contributed by atoms with Gasteiger partial charge in [0.1, 0.15) is 17.1 Å². The fourth-order valence-electron chi connectivity index (χ4n) is 2.13. The number of methoxy groups -OCH3 is 2. The first kappa shape index (κ1) is 16.4. The van der Waals surface area contributed by atoms with Gasteiger partial charge in [0.05, 0.1) is 14.2 Å². The van der Waals surface area contributed by atoms with E-state index in [9.17, 15) is 4.79 Å². The summed E-state index contributed by atoms with van der Waals surface area (Å²) >= 11 is 0. The van der Waals surface area contributed by atoms with Gasteiger partial charge in [-0.15, -0.1) is 6.58 Å². The van der Waals surface area contributed by atoms with Crippen molar-refractivity contribution in [2.45, 2.75) is 0 Å². The molecule has 0 fully saturated rings. The number of nitrogens with one attached hydrogen (secondary N) is 2. The number of benzene rings is 2. The lowest BCUT2D eigenvalue weighted by Crippen LogP contribution is -2.14. The third-order valence-electron chi connectivity index (χ3n) is 3.25. The van der Waals surface area contributed by atoms with Crippen LogP contribution in [-0.2, 0) is 0 Å². The average molecular weight is 312 g/mol. The van der Waals surface area contributed by atoms with Crippen LogP contribution >= 0.6 is 0 Å². The second kappa shape index (κ2) is 7.89. The molecule has 2 aromatic rings. The average Bonchev–Trinajstić information content (AvgIpc) is 2.60. The molecule has 0 saturated carbocycles. The maximum atomic E-state index is 12.5. The first-order valence-electron chi connectivity index (χ1n) is 7.16. The van der Waals surface area contributed by atoms with Gasteiger partial charge >= 0.3 is 0 Å². The minimum atomic E-state index is -0.286. The molecule has 0 heterocycles. The Morgan fingerprint density at radius 3 is 2.13 bits per heavy atom. The number of carbonyl (C=O) groups is 1. The minimum absolute atomic E-state index is 0.286. The summed E-state index contributed by atoms with van der Waals surface area (Å²) in [7, 11) is 3.04. The van der Waals surface area contributed by atoms with Gasteiger partial charge in [0, 0.05) is 17.9 Å². The van der Waals surface area contributed by atoms with Crippen LogP contribution in [0, 0.1) is 0 Å². The molecule has 0 atom stereocenters. The van der Waals surface area contributed by atoms with Gasteiger partial charge in [-0.2, -0.15) is 0 Å². The van der Waals surface area contributed by atoms with Crippen molar-refractivity contribution < 1.29 is 14.3 Å². The highest BCUT2D eigenvalue weighted by Gasteiger charge is 2.18. The quantitative estimate of drug-likeness (QED) is 0.768. The van der Waals surface area contributed by atoms with Crippen LogP contribution in [0.5, 0.6) is 11.5 Å². The summed E-state index contributed by atoms with van der Waals surface area (Å²) in [5, 5.41) is 6.02. The molecule has 0 radical (unpaired) electrons. The Balaban J connectivity index is 2.17. The normalized spacial score (nSPS) is 9.83. The van der Waals surface area contributed by atoms with Crippen molar-refractivity contribution in [3.63, 3.8) is 0 Å². The summed E-state index contributed by atoms with van der Waals surface area (Å²) in [6.45, 7) is 4.34. The molecular formula is C18H20N2O3. The topological polar surface area (TPSA) is 59.6 Å². The van der Waals surface area contributed by atoms with Gasteiger partial charge in [0.15, 0.2) is 0 Å². The number of rotatable bonds is 7.